The minimum absolute atomic E-state index is 0. The molecule has 3 rings (SSSR count). The van der Waals surface area contributed by atoms with Crippen LogP contribution in [-0.2, 0) is 0 Å². The smallest absolute Gasteiger partial charge is 0.496 e. The lowest BCUT2D eigenvalue weighted by atomic mass is 9.97. The first kappa shape index (κ1) is 23.1. The van der Waals surface area contributed by atoms with Crippen LogP contribution in [-0.4, -0.2) is 44.6 Å². The van der Waals surface area contributed by atoms with Crippen molar-refractivity contribution in [3.05, 3.63) is 23.8 Å². The maximum Gasteiger partial charge on any atom is 0.573 e. The Bertz CT molecular complexity index is 565. The van der Waals surface area contributed by atoms with E-state index < -0.39 is 6.36 Å². The summed E-state index contributed by atoms with van der Waals surface area (Å²) in [4.78, 5) is 2.40. The molecule has 1 aliphatic heterocycles. The van der Waals surface area contributed by atoms with E-state index in [1.54, 1.807) is 6.07 Å². The molecule has 1 atom stereocenters. The zero-order valence-corrected chi connectivity index (χ0v) is 16.2. The molecule has 0 spiro atoms. The number of hydrogen-bond acceptors (Lipinski definition) is 4. The van der Waals surface area contributed by atoms with Crippen LogP contribution in [0.3, 0.4) is 0 Å². The summed E-state index contributed by atoms with van der Waals surface area (Å²) < 4.78 is 46.7. The predicted molar refractivity (Wildman–Crippen MR) is 98.7 cm³/mol. The van der Waals surface area contributed by atoms with Gasteiger partial charge in [-0.25, -0.2) is 0 Å². The lowest BCUT2D eigenvalue weighted by Crippen LogP contribution is -2.45. The van der Waals surface area contributed by atoms with Gasteiger partial charge in [0.2, 0.25) is 0 Å². The minimum atomic E-state index is -4.70. The van der Waals surface area contributed by atoms with Crippen LogP contribution in [0.15, 0.2) is 18.2 Å². The van der Waals surface area contributed by atoms with E-state index in [2.05, 4.69) is 15.0 Å². The highest BCUT2D eigenvalue weighted by Gasteiger charge is 2.34. The highest BCUT2D eigenvalue weighted by atomic mass is 35.5. The van der Waals surface area contributed by atoms with E-state index in [4.69, 9.17) is 4.74 Å². The molecule has 1 saturated carbocycles. The number of methoxy groups -OCH3 is 1. The van der Waals surface area contributed by atoms with Crippen molar-refractivity contribution < 1.29 is 22.6 Å². The average molecular weight is 417 g/mol. The fourth-order valence-corrected chi connectivity index (χ4v) is 3.30. The SMILES string of the molecule is COc1cc(OC(F)(F)F)ccc1[C@H](CC1CC1)N1CCNCC1.Cl.Cl. The van der Waals surface area contributed by atoms with Crippen molar-refractivity contribution in [1.82, 2.24) is 10.2 Å². The van der Waals surface area contributed by atoms with Gasteiger partial charge in [-0.2, -0.15) is 0 Å². The molecule has 1 N–H and O–H groups in total. The normalized spacial score (nSPS) is 19.1. The zero-order valence-electron chi connectivity index (χ0n) is 14.6. The molecule has 1 aromatic carbocycles. The van der Waals surface area contributed by atoms with Crippen molar-refractivity contribution in [2.45, 2.75) is 31.7 Å². The van der Waals surface area contributed by atoms with Gasteiger partial charge < -0.3 is 14.8 Å². The van der Waals surface area contributed by atoms with Crippen LogP contribution in [0.4, 0.5) is 13.2 Å². The molecular weight excluding hydrogens is 392 g/mol. The second-order valence-corrected chi connectivity index (χ2v) is 6.43. The van der Waals surface area contributed by atoms with Crippen molar-refractivity contribution >= 4 is 24.8 Å². The number of rotatable bonds is 6. The third-order valence-corrected chi connectivity index (χ3v) is 4.64. The van der Waals surface area contributed by atoms with Crippen molar-refractivity contribution in [3.63, 3.8) is 0 Å². The van der Waals surface area contributed by atoms with Gasteiger partial charge in [-0.15, -0.1) is 38.0 Å². The first-order valence-electron chi connectivity index (χ1n) is 8.35. The Morgan fingerprint density at radius 2 is 1.85 bits per heavy atom. The second-order valence-electron chi connectivity index (χ2n) is 6.43. The summed E-state index contributed by atoms with van der Waals surface area (Å²) in [6, 6.07) is 4.61. The Morgan fingerprint density at radius 1 is 1.19 bits per heavy atom. The molecule has 2 aliphatic rings. The van der Waals surface area contributed by atoms with Crippen LogP contribution in [0.2, 0.25) is 0 Å². The van der Waals surface area contributed by atoms with Crippen LogP contribution < -0.4 is 14.8 Å². The summed E-state index contributed by atoms with van der Waals surface area (Å²) >= 11 is 0. The van der Waals surface area contributed by atoms with Crippen LogP contribution in [0.25, 0.3) is 0 Å². The molecule has 0 aromatic heterocycles. The van der Waals surface area contributed by atoms with Crippen LogP contribution in [0, 0.1) is 5.92 Å². The van der Waals surface area contributed by atoms with E-state index in [1.165, 1.54) is 32.1 Å². The summed E-state index contributed by atoms with van der Waals surface area (Å²) in [6.07, 6.45) is -1.20. The number of nitrogens with one attached hydrogen (secondary N) is 1. The number of piperazine rings is 1. The van der Waals surface area contributed by atoms with E-state index in [-0.39, 0.29) is 36.6 Å². The lowest BCUT2D eigenvalue weighted by molar-refractivity contribution is -0.274. The molecule has 26 heavy (non-hydrogen) atoms. The first-order valence-corrected chi connectivity index (χ1v) is 8.35. The van der Waals surface area contributed by atoms with E-state index in [1.807, 2.05) is 0 Å². The van der Waals surface area contributed by atoms with E-state index in [9.17, 15) is 13.2 Å². The molecule has 1 heterocycles. The third-order valence-electron chi connectivity index (χ3n) is 4.64. The maximum atomic E-state index is 12.4. The molecule has 4 nitrogen and oxygen atoms in total. The first-order chi connectivity index (χ1) is 11.5. The molecule has 0 unspecified atom stereocenters. The van der Waals surface area contributed by atoms with Crippen molar-refractivity contribution in [2.24, 2.45) is 5.92 Å². The molecule has 150 valence electrons. The molecule has 1 aromatic rings. The predicted octanol–water partition coefficient (Wildman–Crippen LogP) is 4.18. The summed E-state index contributed by atoms with van der Waals surface area (Å²) in [5.74, 6) is 0.926. The Morgan fingerprint density at radius 3 is 2.38 bits per heavy atom. The monoisotopic (exact) mass is 416 g/mol. The van der Waals surface area contributed by atoms with Gasteiger partial charge in [-0.1, -0.05) is 18.9 Å². The van der Waals surface area contributed by atoms with Gasteiger partial charge in [0.1, 0.15) is 11.5 Å². The van der Waals surface area contributed by atoms with Gasteiger partial charge in [-0.3, -0.25) is 4.90 Å². The second kappa shape index (κ2) is 9.88. The number of ether oxygens (including phenoxy) is 2. The fourth-order valence-electron chi connectivity index (χ4n) is 3.30. The number of halogens is 5. The molecule has 0 amide bonds. The number of hydrogen-bond donors (Lipinski definition) is 1. The van der Waals surface area contributed by atoms with Crippen LogP contribution >= 0.6 is 24.8 Å². The quantitative estimate of drug-likeness (QED) is 0.753. The highest BCUT2D eigenvalue weighted by molar-refractivity contribution is 5.85. The Labute approximate surface area is 164 Å². The van der Waals surface area contributed by atoms with Crippen LogP contribution in [0.1, 0.15) is 30.9 Å². The van der Waals surface area contributed by atoms with Gasteiger partial charge >= 0.3 is 6.36 Å². The highest BCUT2D eigenvalue weighted by Crippen LogP contribution is 2.43. The molecule has 0 radical (unpaired) electrons. The van der Waals surface area contributed by atoms with Crippen molar-refractivity contribution in [2.75, 3.05) is 33.3 Å². The molecule has 9 heteroatoms. The lowest BCUT2D eigenvalue weighted by Gasteiger charge is -2.36. The number of benzene rings is 1. The van der Waals surface area contributed by atoms with Gasteiger partial charge in [0.25, 0.3) is 0 Å². The molecule has 1 aliphatic carbocycles. The molecule has 1 saturated heterocycles. The summed E-state index contributed by atoms with van der Waals surface area (Å²) in [6.45, 7) is 3.72. The van der Waals surface area contributed by atoms with Crippen molar-refractivity contribution in [1.29, 1.82) is 0 Å². The molecule has 2 fully saturated rings. The average Bonchev–Trinajstić information content (AvgIpc) is 3.36. The maximum absolute atomic E-state index is 12.4. The largest absolute Gasteiger partial charge is 0.573 e. The zero-order chi connectivity index (χ0) is 17.2. The van der Waals surface area contributed by atoms with E-state index in [0.717, 1.165) is 38.2 Å². The third kappa shape index (κ3) is 6.37. The standard InChI is InChI=1S/C17H23F3N2O2.2ClH/c1-23-16-11-13(24-17(18,19)20)4-5-14(16)15(10-12-2-3-12)22-8-6-21-7-9-22;;/h4-5,11-12,15,21H,2-3,6-10H2,1H3;2*1H/t15-;;/m0../s1. The Hall–Kier alpha value is -0.890. The summed E-state index contributed by atoms with van der Waals surface area (Å²) in [7, 11) is 1.49. The molecule has 0 bridgehead atoms. The van der Waals surface area contributed by atoms with Crippen molar-refractivity contribution in [3.8, 4) is 11.5 Å². The Balaban J connectivity index is 0.00000169. The van der Waals surface area contributed by atoms with Gasteiger partial charge in [0, 0.05) is 43.9 Å². The number of nitrogens with zero attached hydrogens (tertiary/aromatic N) is 1. The minimum Gasteiger partial charge on any atom is -0.496 e. The summed E-state index contributed by atoms with van der Waals surface area (Å²) in [5, 5.41) is 3.34. The van der Waals surface area contributed by atoms with Gasteiger partial charge in [-0.05, 0) is 18.4 Å². The van der Waals surface area contributed by atoms with Crippen LogP contribution in [0.5, 0.6) is 11.5 Å². The van der Waals surface area contributed by atoms with Gasteiger partial charge in [0.05, 0.1) is 7.11 Å². The van der Waals surface area contributed by atoms with Gasteiger partial charge in [0.15, 0.2) is 0 Å². The fraction of sp³-hybridized carbons (Fsp3) is 0.647. The molecular formula is C17H25Cl2F3N2O2. The van der Waals surface area contributed by atoms with E-state index in [0.29, 0.717) is 11.7 Å². The van der Waals surface area contributed by atoms with E-state index >= 15 is 0 Å². The topological polar surface area (TPSA) is 33.7 Å². The Kier molecular flexibility index (Phi) is 8.79. The summed E-state index contributed by atoms with van der Waals surface area (Å²) in [5.41, 5.74) is 0.945. The number of alkyl halides is 3.